The number of hydrogen-bond acceptors (Lipinski definition) is 4. The van der Waals surface area contributed by atoms with Crippen LogP contribution >= 0.6 is 23.2 Å². The van der Waals surface area contributed by atoms with Gasteiger partial charge in [0.05, 0.1) is 9.95 Å². The van der Waals surface area contributed by atoms with E-state index in [1.165, 1.54) is 18.2 Å². The molecule has 0 bridgehead atoms. The molecule has 0 saturated carbocycles. The Balaban J connectivity index is 3.07. The maximum absolute atomic E-state index is 11.0. The molecular weight excluding hydrogens is 333 g/mol. The topological polar surface area (TPSA) is 89.7 Å². The fourth-order valence-electron chi connectivity index (χ4n) is 1.66. The van der Waals surface area contributed by atoms with Gasteiger partial charge in [0, 0.05) is 18.1 Å². The maximum atomic E-state index is 11.0. The first kappa shape index (κ1) is 18.3. The molecule has 0 aliphatic carbocycles. The van der Waals surface area contributed by atoms with Gasteiger partial charge >= 0.3 is 5.97 Å². The van der Waals surface area contributed by atoms with Gasteiger partial charge in [-0.3, -0.25) is 10.1 Å². The van der Waals surface area contributed by atoms with Crippen molar-refractivity contribution in [1.29, 1.82) is 0 Å². The van der Waals surface area contributed by atoms with Crippen LogP contribution in [0.5, 0.6) is 5.75 Å². The van der Waals surface area contributed by atoms with Crippen LogP contribution in [0.15, 0.2) is 17.8 Å². The number of benzene rings is 1. The first-order chi connectivity index (χ1) is 10.4. The highest BCUT2D eigenvalue weighted by atomic mass is 35.5. The lowest BCUT2D eigenvalue weighted by atomic mass is 10.1. The number of nitro groups is 1. The second kappa shape index (κ2) is 8.60. The largest absolute Gasteiger partial charge is 0.480 e. The van der Waals surface area contributed by atoms with Crippen LogP contribution in [0.25, 0.3) is 6.08 Å². The van der Waals surface area contributed by atoms with Crippen LogP contribution in [0.3, 0.4) is 0 Å². The second-order valence-electron chi connectivity index (χ2n) is 4.46. The summed E-state index contributed by atoms with van der Waals surface area (Å²) in [7, 11) is 0. The lowest BCUT2D eigenvalue weighted by Gasteiger charge is -2.09. The third kappa shape index (κ3) is 5.20. The fourth-order valence-corrected chi connectivity index (χ4v) is 2.10. The van der Waals surface area contributed by atoms with Gasteiger partial charge in [-0.05, 0) is 18.6 Å². The van der Waals surface area contributed by atoms with E-state index in [1.807, 2.05) is 6.92 Å². The number of hydrogen-bond donors (Lipinski definition) is 1. The molecule has 0 amide bonds. The zero-order valence-electron chi connectivity index (χ0n) is 11.8. The van der Waals surface area contributed by atoms with Crippen LogP contribution in [0.1, 0.15) is 31.7 Å². The minimum absolute atomic E-state index is 0.0230. The lowest BCUT2D eigenvalue weighted by Crippen LogP contribution is -2.09. The van der Waals surface area contributed by atoms with Gasteiger partial charge in [-0.25, -0.2) is 4.79 Å². The normalized spacial score (nSPS) is 11.3. The molecule has 1 N–H and O–H groups in total. The minimum atomic E-state index is -1.15. The van der Waals surface area contributed by atoms with Gasteiger partial charge in [0.25, 0.3) is 0 Å². The summed E-state index contributed by atoms with van der Waals surface area (Å²) in [5.41, 5.74) is 0.427. The highest BCUT2D eigenvalue weighted by molar-refractivity contribution is 6.43. The molecule has 1 aromatic carbocycles. The molecule has 6 nitrogen and oxygen atoms in total. The maximum Gasteiger partial charge on any atom is 0.341 e. The molecule has 0 aromatic heterocycles. The first-order valence-electron chi connectivity index (χ1n) is 6.54. The van der Waals surface area contributed by atoms with Gasteiger partial charge in [0.2, 0.25) is 5.70 Å². The zero-order valence-corrected chi connectivity index (χ0v) is 13.4. The average Bonchev–Trinajstić information content (AvgIpc) is 2.46. The van der Waals surface area contributed by atoms with Gasteiger partial charge in [-0.2, -0.15) is 0 Å². The van der Waals surface area contributed by atoms with Crippen LogP contribution in [0.2, 0.25) is 10.0 Å². The van der Waals surface area contributed by atoms with E-state index in [0.29, 0.717) is 18.4 Å². The summed E-state index contributed by atoms with van der Waals surface area (Å²) >= 11 is 12.1. The van der Waals surface area contributed by atoms with Crippen molar-refractivity contribution < 1.29 is 19.6 Å². The van der Waals surface area contributed by atoms with Crippen molar-refractivity contribution in [2.45, 2.75) is 26.2 Å². The summed E-state index contributed by atoms with van der Waals surface area (Å²) in [4.78, 5) is 21.0. The summed E-state index contributed by atoms with van der Waals surface area (Å²) < 4.78 is 4.98. The van der Waals surface area contributed by atoms with Crippen molar-refractivity contribution in [3.05, 3.63) is 43.6 Å². The Kier molecular flexibility index (Phi) is 7.14. The number of carbonyl (C=O) groups is 1. The van der Waals surface area contributed by atoms with Crippen LogP contribution in [0.4, 0.5) is 0 Å². The zero-order chi connectivity index (χ0) is 16.7. The van der Waals surface area contributed by atoms with Crippen molar-refractivity contribution in [2.24, 2.45) is 0 Å². The van der Waals surface area contributed by atoms with E-state index in [0.717, 1.165) is 6.42 Å². The number of carboxylic acid groups (broad SMARTS) is 1. The Labute approximate surface area is 137 Å². The molecule has 0 aliphatic rings. The van der Waals surface area contributed by atoms with Crippen molar-refractivity contribution in [3.8, 4) is 5.75 Å². The Bertz CT molecular complexity index is 601. The summed E-state index contributed by atoms with van der Waals surface area (Å²) in [6, 6.07) is 2.93. The van der Waals surface area contributed by atoms with E-state index in [2.05, 4.69) is 0 Å². The molecule has 0 radical (unpaired) electrons. The number of ether oxygens (including phenoxy) is 1. The summed E-state index contributed by atoms with van der Waals surface area (Å²) in [5.74, 6) is -1.03. The summed E-state index contributed by atoms with van der Waals surface area (Å²) in [6.07, 6.45) is 3.22. The molecule has 1 rings (SSSR count). The molecule has 0 unspecified atom stereocenters. The van der Waals surface area contributed by atoms with Gasteiger partial charge < -0.3 is 9.84 Å². The van der Waals surface area contributed by atoms with Crippen LogP contribution in [-0.4, -0.2) is 22.6 Å². The SMILES string of the molecule is CCCC/C(=C\c1ccc(OCC(=O)O)c(Cl)c1Cl)[N+](=O)[O-]. The Morgan fingerprint density at radius 2 is 2.09 bits per heavy atom. The predicted octanol–water partition coefficient (Wildman–Crippen LogP) is 4.26. The summed E-state index contributed by atoms with van der Waals surface area (Å²) in [5, 5.41) is 19.7. The van der Waals surface area contributed by atoms with E-state index < -0.39 is 17.5 Å². The van der Waals surface area contributed by atoms with Crippen LogP contribution < -0.4 is 4.74 Å². The second-order valence-corrected chi connectivity index (χ2v) is 5.22. The predicted molar refractivity (Wildman–Crippen MR) is 84.1 cm³/mol. The summed E-state index contributed by atoms with van der Waals surface area (Å²) in [6.45, 7) is 1.39. The molecule has 8 heteroatoms. The van der Waals surface area contributed by atoms with Crippen molar-refractivity contribution in [3.63, 3.8) is 0 Å². The van der Waals surface area contributed by atoms with E-state index in [9.17, 15) is 14.9 Å². The number of carboxylic acids is 1. The Morgan fingerprint density at radius 3 is 2.64 bits per heavy atom. The molecule has 0 heterocycles. The van der Waals surface area contributed by atoms with E-state index >= 15 is 0 Å². The number of aliphatic carboxylic acids is 1. The van der Waals surface area contributed by atoms with Gasteiger partial charge in [-0.15, -0.1) is 0 Å². The van der Waals surface area contributed by atoms with E-state index in [-0.39, 0.29) is 21.5 Å². The Morgan fingerprint density at radius 1 is 1.41 bits per heavy atom. The number of nitrogens with zero attached hydrogens (tertiary/aromatic N) is 1. The van der Waals surface area contributed by atoms with E-state index in [4.69, 9.17) is 33.0 Å². The third-order valence-electron chi connectivity index (χ3n) is 2.77. The van der Waals surface area contributed by atoms with Gasteiger partial charge in [0.15, 0.2) is 6.61 Å². The number of halogens is 2. The number of unbranched alkanes of at least 4 members (excludes halogenated alkanes) is 1. The third-order valence-corrected chi connectivity index (χ3v) is 3.65. The minimum Gasteiger partial charge on any atom is -0.480 e. The van der Waals surface area contributed by atoms with Crippen molar-refractivity contribution in [1.82, 2.24) is 0 Å². The molecular formula is C14H15Cl2NO5. The highest BCUT2D eigenvalue weighted by Crippen LogP contribution is 2.36. The van der Waals surface area contributed by atoms with Crippen LogP contribution in [-0.2, 0) is 4.79 Å². The van der Waals surface area contributed by atoms with Gasteiger partial charge in [0.1, 0.15) is 10.8 Å². The molecule has 0 aliphatic heterocycles. The number of allylic oxidation sites excluding steroid dienone is 1. The quantitative estimate of drug-likeness (QED) is 0.560. The first-order valence-corrected chi connectivity index (χ1v) is 7.30. The molecule has 0 spiro atoms. The standard InChI is InChI=1S/C14H15Cl2NO5/c1-2-3-4-10(17(20)21)7-9-5-6-11(14(16)13(9)15)22-8-12(18)19/h5-7H,2-4,8H2,1H3,(H,18,19)/b10-7+. The molecule has 0 fully saturated rings. The monoisotopic (exact) mass is 347 g/mol. The number of rotatable bonds is 8. The average molecular weight is 348 g/mol. The van der Waals surface area contributed by atoms with Crippen molar-refractivity contribution >= 4 is 35.2 Å². The van der Waals surface area contributed by atoms with Gasteiger partial charge in [-0.1, -0.05) is 36.5 Å². The lowest BCUT2D eigenvalue weighted by molar-refractivity contribution is -0.426. The molecule has 1 aromatic rings. The molecule has 0 atom stereocenters. The smallest absolute Gasteiger partial charge is 0.341 e. The fraction of sp³-hybridized carbons (Fsp3) is 0.357. The molecule has 0 saturated heterocycles. The van der Waals surface area contributed by atoms with E-state index in [1.54, 1.807) is 0 Å². The highest BCUT2D eigenvalue weighted by Gasteiger charge is 2.15. The van der Waals surface area contributed by atoms with Crippen LogP contribution in [0, 0.1) is 10.1 Å². The Hall–Kier alpha value is -1.79. The molecule has 22 heavy (non-hydrogen) atoms. The molecule has 120 valence electrons. The van der Waals surface area contributed by atoms with Crippen molar-refractivity contribution in [2.75, 3.05) is 6.61 Å².